The summed E-state index contributed by atoms with van der Waals surface area (Å²) in [6, 6.07) is 10.1. The first-order chi connectivity index (χ1) is 12.6. The highest BCUT2D eigenvalue weighted by atomic mass is 19.4. The van der Waals surface area contributed by atoms with Crippen LogP contribution >= 0.6 is 0 Å². The van der Waals surface area contributed by atoms with Gasteiger partial charge in [0.1, 0.15) is 6.04 Å². The molecule has 0 spiro atoms. The van der Waals surface area contributed by atoms with Crippen LogP contribution in [0.25, 0.3) is 0 Å². The average Bonchev–Trinajstić information content (AvgIpc) is 3.44. The van der Waals surface area contributed by atoms with Crippen LogP contribution in [0.1, 0.15) is 27.0 Å². The molecule has 1 aliphatic rings. The number of hydrogen-bond donors (Lipinski definition) is 2. The van der Waals surface area contributed by atoms with Gasteiger partial charge in [0.15, 0.2) is 5.78 Å². The highest BCUT2D eigenvalue weighted by Gasteiger charge is 2.65. The summed E-state index contributed by atoms with van der Waals surface area (Å²) in [6.07, 6.45) is -4.50. The first-order valence-electron chi connectivity index (χ1n) is 7.87. The van der Waals surface area contributed by atoms with E-state index in [1.807, 2.05) is 0 Å². The molecule has 0 aromatic heterocycles. The van der Waals surface area contributed by atoms with Gasteiger partial charge in [-0.15, -0.1) is 10.2 Å². The fraction of sp³-hybridized carbons (Fsp3) is 0.222. The van der Waals surface area contributed by atoms with Gasteiger partial charge in [0.2, 0.25) is 0 Å². The molecular weight excluding hydrogens is 363 g/mol. The van der Waals surface area contributed by atoms with Crippen molar-refractivity contribution in [2.75, 3.05) is 0 Å². The predicted octanol–water partition coefficient (Wildman–Crippen LogP) is 3.05. The number of hydrogen-bond acceptors (Lipinski definition) is 5. The van der Waals surface area contributed by atoms with Crippen LogP contribution in [-0.2, 0) is 16.9 Å². The predicted molar refractivity (Wildman–Crippen MR) is 88.2 cm³/mol. The number of carbonyl (C=O) groups excluding carboxylic acids is 1. The number of carboxylic acid groups (broad SMARTS) is 1. The lowest BCUT2D eigenvalue weighted by atomic mass is 9.96. The Bertz CT molecular complexity index is 900. The lowest BCUT2D eigenvalue weighted by molar-refractivity contribution is -0.166. The molecule has 140 valence electrons. The van der Waals surface area contributed by atoms with E-state index in [4.69, 9.17) is 10.8 Å². The second-order valence-corrected chi connectivity index (χ2v) is 6.12. The van der Waals surface area contributed by atoms with Crippen LogP contribution in [0.3, 0.4) is 0 Å². The molecule has 3 rings (SSSR count). The normalized spacial score (nSPS) is 16.0. The molecule has 0 amide bonds. The maximum absolute atomic E-state index is 13.0. The number of carboxylic acids is 1. The van der Waals surface area contributed by atoms with E-state index in [2.05, 4.69) is 10.2 Å². The van der Waals surface area contributed by atoms with Gasteiger partial charge in [-0.2, -0.15) is 13.2 Å². The van der Waals surface area contributed by atoms with Crippen molar-refractivity contribution in [3.8, 4) is 0 Å². The highest BCUT2D eigenvalue weighted by Crippen LogP contribution is 2.52. The Morgan fingerprint density at radius 1 is 1.00 bits per heavy atom. The summed E-state index contributed by atoms with van der Waals surface area (Å²) in [5, 5.41) is 15.0. The van der Waals surface area contributed by atoms with Crippen LogP contribution in [0.15, 0.2) is 58.8 Å². The Kier molecular flexibility index (Phi) is 4.56. The summed E-state index contributed by atoms with van der Waals surface area (Å²) in [4.78, 5) is 23.2. The van der Waals surface area contributed by atoms with Crippen molar-refractivity contribution < 1.29 is 27.9 Å². The largest absolute Gasteiger partial charge is 0.480 e. The molecule has 2 aromatic rings. The van der Waals surface area contributed by atoms with Crippen molar-refractivity contribution >= 4 is 11.8 Å². The number of alkyl halides is 3. The Labute approximate surface area is 151 Å². The zero-order chi connectivity index (χ0) is 19.8. The third-order valence-corrected chi connectivity index (χ3v) is 4.23. The van der Waals surface area contributed by atoms with E-state index in [1.165, 1.54) is 36.4 Å². The molecule has 27 heavy (non-hydrogen) atoms. The number of aliphatic carboxylic acids is 1. The standard InChI is InChI=1S/C18H14F3N3O3/c19-18(20,21)17(23-24-17)13-7-5-12(6-8-13)15(25)11-3-1-10(2-4-11)9-14(22)16(26)27/h1-8,14H,9,22H2,(H,26,27)/t14-/m0/s1. The molecule has 2 aromatic carbocycles. The topological polar surface area (TPSA) is 105 Å². The maximum atomic E-state index is 13.0. The van der Waals surface area contributed by atoms with Crippen molar-refractivity contribution in [2.24, 2.45) is 16.0 Å². The quantitative estimate of drug-likeness (QED) is 0.755. The Balaban J connectivity index is 1.74. The van der Waals surface area contributed by atoms with E-state index in [1.54, 1.807) is 12.1 Å². The van der Waals surface area contributed by atoms with E-state index in [9.17, 15) is 22.8 Å². The molecule has 1 heterocycles. The summed E-state index contributed by atoms with van der Waals surface area (Å²) >= 11 is 0. The van der Waals surface area contributed by atoms with Crippen molar-refractivity contribution in [1.82, 2.24) is 0 Å². The van der Waals surface area contributed by atoms with Crippen LogP contribution in [-0.4, -0.2) is 29.1 Å². The molecule has 9 heteroatoms. The van der Waals surface area contributed by atoms with Gasteiger partial charge in [-0.1, -0.05) is 48.5 Å². The minimum Gasteiger partial charge on any atom is -0.480 e. The number of nitrogens with two attached hydrogens (primary N) is 1. The number of halogens is 3. The Morgan fingerprint density at radius 2 is 1.48 bits per heavy atom. The smallest absolute Gasteiger partial charge is 0.442 e. The molecule has 6 nitrogen and oxygen atoms in total. The Hall–Kier alpha value is -3.07. The monoisotopic (exact) mass is 377 g/mol. The van der Waals surface area contributed by atoms with Gasteiger partial charge in [-0.3, -0.25) is 9.59 Å². The van der Waals surface area contributed by atoms with Crippen molar-refractivity contribution in [2.45, 2.75) is 24.3 Å². The molecule has 0 aliphatic carbocycles. The fourth-order valence-corrected chi connectivity index (χ4v) is 2.60. The second-order valence-electron chi connectivity index (χ2n) is 6.12. The number of nitrogens with zero attached hydrogens (tertiary/aromatic N) is 2. The molecule has 1 atom stereocenters. The van der Waals surface area contributed by atoms with Gasteiger partial charge >= 0.3 is 17.8 Å². The van der Waals surface area contributed by atoms with E-state index >= 15 is 0 Å². The molecule has 0 saturated carbocycles. The zero-order valence-corrected chi connectivity index (χ0v) is 13.8. The third-order valence-electron chi connectivity index (χ3n) is 4.23. The van der Waals surface area contributed by atoms with Gasteiger partial charge in [0, 0.05) is 16.7 Å². The minimum atomic E-state index is -4.62. The van der Waals surface area contributed by atoms with Gasteiger partial charge in [0.05, 0.1) is 0 Å². The highest BCUT2D eigenvalue weighted by molar-refractivity contribution is 6.09. The Morgan fingerprint density at radius 3 is 1.89 bits per heavy atom. The SMILES string of the molecule is N[C@@H](Cc1ccc(C(=O)c2ccc(C3(C(F)(F)F)N=N3)cc2)cc1)C(=O)O. The number of ketones is 1. The number of rotatable bonds is 6. The van der Waals surface area contributed by atoms with E-state index in [0.717, 1.165) is 0 Å². The molecule has 0 radical (unpaired) electrons. The summed E-state index contributed by atoms with van der Waals surface area (Å²) in [5.41, 5.74) is 3.99. The molecular formula is C18H14F3N3O3. The van der Waals surface area contributed by atoms with Gasteiger partial charge < -0.3 is 10.8 Å². The van der Waals surface area contributed by atoms with E-state index in [0.29, 0.717) is 11.1 Å². The molecule has 1 aliphatic heterocycles. The van der Waals surface area contributed by atoms with E-state index in [-0.39, 0.29) is 23.3 Å². The minimum absolute atomic E-state index is 0.116. The maximum Gasteiger partial charge on any atom is 0.442 e. The van der Waals surface area contributed by atoms with E-state index < -0.39 is 23.9 Å². The first kappa shape index (κ1) is 18.7. The van der Waals surface area contributed by atoms with Gasteiger partial charge in [0.25, 0.3) is 0 Å². The van der Waals surface area contributed by atoms with Gasteiger partial charge in [-0.05, 0) is 12.0 Å². The number of carbonyl (C=O) groups is 2. The van der Waals surface area contributed by atoms with Crippen LogP contribution < -0.4 is 5.73 Å². The average molecular weight is 377 g/mol. The molecule has 0 bridgehead atoms. The molecule has 0 saturated heterocycles. The lowest BCUT2D eigenvalue weighted by Crippen LogP contribution is -2.32. The molecule has 0 fully saturated rings. The van der Waals surface area contributed by atoms with Crippen molar-refractivity contribution in [1.29, 1.82) is 0 Å². The first-order valence-corrected chi connectivity index (χ1v) is 7.87. The summed E-state index contributed by atoms with van der Waals surface area (Å²) in [6.45, 7) is 0. The fourth-order valence-electron chi connectivity index (χ4n) is 2.60. The second kappa shape index (κ2) is 6.58. The van der Waals surface area contributed by atoms with Gasteiger partial charge in [-0.25, -0.2) is 0 Å². The van der Waals surface area contributed by atoms with Crippen molar-refractivity contribution in [3.63, 3.8) is 0 Å². The molecule has 0 unspecified atom stereocenters. The van der Waals surface area contributed by atoms with Crippen LogP contribution in [0.5, 0.6) is 0 Å². The lowest BCUT2D eigenvalue weighted by Gasteiger charge is -2.14. The molecule has 3 N–H and O–H groups in total. The van der Waals surface area contributed by atoms with Crippen molar-refractivity contribution in [3.05, 3.63) is 70.8 Å². The third kappa shape index (κ3) is 3.59. The number of benzene rings is 2. The summed E-state index contributed by atoms with van der Waals surface area (Å²) < 4.78 is 39.0. The van der Waals surface area contributed by atoms with Crippen LogP contribution in [0, 0.1) is 0 Å². The summed E-state index contributed by atoms with van der Waals surface area (Å²) in [5.74, 6) is -1.50. The van der Waals surface area contributed by atoms with Crippen LogP contribution in [0.2, 0.25) is 0 Å². The summed E-state index contributed by atoms with van der Waals surface area (Å²) in [7, 11) is 0. The van der Waals surface area contributed by atoms with Crippen LogP contribution in [0.4, 0.5) is 13.2 Å². The zero-order valence-electron chi connectivity index (χ0n) is 13.8.